The summed E-state index contributed by atoms with van der Waals surface area (Å²) in [5.41, 5.74) is 13.6. The van der Waals surface area contributed by atoms with Gasteiger partial charge in [-0.15, -0.1) is 11.5 Å². The molecule has 0 fully saturated rings. The van der Waals surface area contributed by atoms with E-state index in [1.54, 1.807) is 0 Å². The molecule has 0 aliphatic rings. The first-order chi connectivity index (χ1) is 42.9. The van der Waals surface area contributed by atoms with Crippen LogP contribution in [0.1, 0.15) is 360 Å². The van der Waals surface area contributed by atoms with Crippen LogP contribution in [-0.2, 0) is 25.7 Å². The molecule has 0 saturated carbocycles. The SMILES string of the molecule is C#Cc1ccc(C#Cc2ccc(C#Cc3ccc(C#Cc4ccc(N=NN(CC)CC)cc4CCCCCCCCCCCC)cc3CCCCCCCCCCCC)cc2CCCCCCCCCCCC)cc1CCCCCCCCCCCC. The fraction of sp³-hybridized carbons (Fsp3) is 0.619. The van der Waals surface area contributed by atoms with E-state index in [1.165, 1.54) is 266 Å². The third-order valence-electron chi connectivity index (χ3n) is 17.8. The van der Waals surface area contributed by atoms with Crippen LogP contribution in [0.25, 0.3) is 0 Å². The molecule has 0 radical (unpaired) electrons. The summed E-state index contributed by atoms with van der Waals surface area (Å²) in [5, 5.41) is 11.2. The Morgan fingerprint density at radius 3 is 0.828 bits per heavy atom. The van der Waals surface area contributed by atoms with E-state index in [0.29, 0.717) is 0 Å². The third kappa shape index (κ3) is 34.2. The van der Waals surface area contributed by atoms with Gasteiger partial charge in [-0.1, -0.05) is 306 Å². The summed E-state index contributed by atoms with van der Waals surface area (Å²) in [6.07, 6.45) is 63.2. The highest BCUT2D eigenvalue weighted by Gasteiger charge is 2.09. The van der Waals surface area contributed by atoms with Crippen LogP contribution in [0.15, 0.2) is 83.1 Å². The van der Waals surface area contributed by atoms with Crippen molar-refractivity contribution in [2.75, 3.05) is 13.1 Å². The molecule has 87 heavy (non-hydrogen) atoms. The van der Waals surface area contributed by atoms with Gasteiger partial charge >= 0.3 is 0 Å². The number of unbranched alkanes of at least 4 members (excludes halogenated alkanes) is 36. The van der Waals surface area contributed by atoms with Gasteiger partial charge in [-0.2, -0.15) is 0 Å². The second-order valence-corrected chi connectivity index (χ2v) is 25.4. The molecule has 0 bridgehead atoms. The number of hydrogen-bond acceptors (Lipinski definition) is 2. The average Bonchev–Trinajstić information content (AvgIpc) is 3.66. The molecule has 0 unspecified atom stereocenters. The van der Waals surface area contributed by atoms with Crippen molar-refractivity contribution in [2.45, 2.75) is 324 Å². The Morgan fingerprint density at radius 1 is 0.287 bits per heavy atom. The number of hydrogen-bond donors (Lipinski definition) is 0. The maximum Gasteiger partial charge on any atom is 0.0877 e. The minimum absolute atomic E-state index is 0.843. The Morgan fingerprint density at radius 2 is 0.540 bits per heavy atom. The first kappa shape index (κ1) is 74.0. The summed E-state index contributed by atoms with van der Waals surface area (Å²) in [6, 6.07) is 26.5. The average molecular weight is 1170 g/mol. The van der Waals surface area contributed by atoms with Gasteiger partial charge in [0.15, 0.2) is 0 Å². The molecule has 4 aromatic rings. The minimum Gasteiger partial charge on any atom is -0.279 e. The minimum atomic E-state index is 0.843. The van der Waals surface area contributed by atoms with Crippen LogP contribution in [0.5, 0.6) is 0 Å². The molecule has 0 spiro atoms. The lowest BCUT2D eigenvalue weighted by Gasteiger charge is -2.11. The highest BCUT2D eigenvalue weighted by atomic mass is 15.5. The lowest BCUT2D eigenvalue weighted by atomic mass is 9.96. The first-order valence-corrected chi connectivity index (χ1v) is 36.7. The van der Waals surface area contributed by atoms with Gasteiger partial charge in [0, 0.05) is 52.0 Å². The second kappa shape index (κ2) is 50.4. The molecule has 0 atom stereocenters. The Kier molecular flexibility index (Phi) is 42.9. The normalized spacial score (nSPS) is 11.0. The maximum absolute atomic E-state index is 6.05. The van der Waals surface area contributed by atoms with Gasteiger partial charge in [-0.3, -0.25) is 5.01 Å². The molecule has 0 saturated heterocycles. The van der Waals surface area contributed by atoms with Gasteiger partial charge in [-0.05, 0) is 160 Å². The third-order valence-corrected chi connectivity index (χ3v) is 17.8. The van der Waals surface area contributed by atoms with E-state index in [9.17, 15) is 0 Å². The molecule has 0 heterocycles. The van der Waals surface area contributed by atoms with Gasteiger partial charge in [0.1, 0.15) is 0 Å². The van der Waals surface area contributed by atoms with Crippen molar-refractivity contribution in [1.29, 1.82) is 0 Å². The largest absolute Gasteiger partial charge is 0.279 e. The Bertz CT molecular complexity index is 2690. The Labute approximate surface area is 537 Å². The molecule has 474 valence electrons. The number of terminal acetylenes is 1. The van der Waals surface area contributed by atoms with Crippen molar-refractivity contribution in [1.82, 2.24) is 5.01 Å². The number of nitrogens with zero attached hydrogens (tertiary/aromatic N) is 3. The van der Waals surface area contributed by atoms with Gasteiger partial charge in [0.05, 0.1) is 5.69 Å². The number of aryl methyl sites for hydroxylation is 4. The zero-order chi connectivity index (χ0) is 61.9. The van der Waals surface area contributed by atoms with E-state index in [1.807, 2.05) is 5.01 Å². The van der Waals surface area contributed by atoms with Crippen LogP contribution in [-0.4, -0.2) is 18.1 Å². The van der Waals surface area contributed by atoms with Crippen LogP contribution in [0.4, 0.5) is 5.69 Å². The number of rotatable bonds is 48. The lowest BCUT2D eigenvalue weighted by molar-refractivity contribution is 0.300. The zero-order valence-corrected chi connectivity index (χ0v) is 56.9. The Balaban J connectivity index is 1.59. The quantitative estimate of drug-likeness (QED) is 0.0187. The van der Waals surface area contributed by atoms with Crippen LogP contribution < -0.4 is 0 Å². The standard InChI is InChI=1S/C84H123N3/c1-8-15-19-23-27-31-35-39-43-47-51-80-69-73(55-61-76(80)12-5)56-62-77-63-57-74(70-81(77)52-48-44-40-36-32-28-24-20-16-9-2)58-64-78-65-59-75(71-82(78)53-49-45-41-37-33-29-25-21-17-10-3)60-66-79-67-68-84(85-86-87(13-6)14-7)72-83(79)54-50-46-42-38-34-30-26-22-18-11-4/h5,55,57,59,61,63,65,67-72H,8-11,13-54H2,1-4,6-7H3. The lowest BCUT2D eigenvalue weighted by Crippen LogP contribution is -2.14. The second-order valence-electron chi connectivity index (χ2n) is 25.4. The highest BCUT2D eigenvalue weighted by Crippen LogP contribution is 2.25. The smallest absolute Gasteiger partial charge is 0.0877 e. The fourth-order valence-electron chi connectivity index (χ4n) is 12.1. The van der Waals surface area contributed by atoms with Crippen LogP contribution in [0, 0.1) is 47.9 Å². The Hall–Kier alpha value is -5.48. The van der Waals surface area contributed by atoms with E-state index in [2.05, 4.69) is 166 Å². The number of benzene rings is 4. The van der Waals surface area contributed by atoms with Crippen molar-refractivity contribution < 1.29 is 0 Å². The molecule has 4 rings (SSSR count). The summed E-state index contributed by atoms with van der Waals surface area (Å²) in [7, 11) is 0. The van der Waals surface area contributed by atoms with Crippen LogP contribution >= 0.6 is 0 Å². The first-order valence-electron chi connectivity index (χ1n) is 36.7. The molecule has 3 heteroatoms. The molecular formula is C84H123N3. The van der Waals surface area contributed by atoms with Crippen molar-refractivity contribution >= 4 is 5.69 Å². The van der Waals surface area contributed by atoms with Gasteiger partial charge in [0.25, 0.3) is 0 Å². The monoisotopic (exact) mass is 1170 g/mol. The van der Waals surface area contributed by atoms with Crippen molar-refractivity contribution in [2.24, 2.45) is 10.3 Å². The molecule has 4 aromatic carbocycles. The van der Waals surface area contributed by atoms with Gasteiger partial charge < -0.3 is 0 Å². The zero-order valence-electron chi connectivity index (χ0n) is 56.9. The predicted molar refractivity (Wildman–Crippen MR) is 381 cm³/mol. The van der Waals surface area contributed by atoms with E-state index in [0.717, 1.165) is 96.2 Å². The predicted octanol–water partition coefficient (Wildman–Crippen LogP) is 25.1. The molecular weight excluding hydrogens is 1050 g/mol. The van der Waals surface area contributed by atoms with E-state index in [-0.39, 0.29) is 0 Å². The molecule has 0 aliphatic carbocycles. The summed E-state index contributed by atoms with van der Waals surface area (Å²) in [5.74, 6) is 24.9. The van der Waals surface area contributed by atoms with Crippen molar-refractivity contribution in [3.63, 3.8) is 0 Å². The maximum atomic E-state index is 6.05. The van der Waals surface area contributed by atoms with E-state index in [4.69, 9.17) is 6.42 Å². The summed E-state index contributed by atoms with van der Waals surface area (Å²) in [4.78, 5) is 0. The fourth-order valence-corrected chi connectivity index (χ4v) is 12.1. The topological polar surface area (TPSA) is 28.0 Å². The van der Waals surface area contributed by atoms with Gasteiger partial charge in [0.2, 0.25) is 0 Å². The molecule has 0 aliphatic heterocycles. The summed E-state index contributed by atoms with van der Waals surface area (Å²) >= 11 is 0. The van der Waals surface area contributed by atoms with Crippen molar-refractivity contribution in [3.8, 4) is 47.9 Å². The highest BCUT2D eigenvalue weighted by molar-refractivity contribution is 5.57. The molecule has 3 nitrogen and oxygen atoms in total. The van der Waals surface area contributed by atoms with Crippen molar-refractivity contribution in [3.05, 3.63) is 134 Å². The molecule has 0 amide bonds. The van der Waals surface area contributed by atoms with Gasteiger partial charge in [-0.25, -0.2) is 0 Å². The summed E-state index contributed by atoms with van der Waals surface area (Å²) in [6.45, 7) is 15.1. The summed E-state index contributed by atoms with van der Waals surface area (Å²) < 4.78 is 0. The van der Waals surface area contributed by atoms with E-state index >= 15 is 0 Å². The van der Waals surface area contributed by atoms with Crippen LogP contribution in [0.3, 0.4) is 0 Å². The molecule has 0 N–H and O–H groups in total. The van der Waals surface area contributed by atoms with Crippen LogP contribution in [0.2, 0.25) is 0 Å². The molecule has 0 aromatic heterocycles. The van der Waals surface area contributed by atoms with E-state index < -0.39 is 0 Å².